The Hall–Kier alpha value is -2.78. The molecule has 1 fully saturated rings. The second kappa shape index (κ2) is 7.81. The number of ether oxygens (including phenoxy) is 1. The van der Waals surface area contributed by atoms with Gasteiger partial charge in [-0.05, 0) is 31.4 Å². The third-order valence-electron chi connectivity index (χ3n) is 5.56. The van der Waals surface area contributed by atoms with Gasteiger partial charge in [0.2, 0.25) is 0 Å². The van der Waals surface area contributed by atoms with E-state index in [1.165, 1.54) is 17.0 Å². The number of benzene rings is 2. The van der Waals surface area contributed by atoms with Crippen molar-refractivity contribution in [3.63, 3.8) is 0 Å². The average molecular weight is 422 g/mol. The quantitative estimate of drug-likeness (QED) is 0.706. The maximum atomic E-state index is 14.1. The van der Waals surface area contributed by atoms with Gasteiger partial charge in [-0.2, -0.15) is 0 Å². The van der Waals surface area contributed by atoms with E-state index >= 15 is 0 Å². The van der Waals surface area contributed by atoms with Gasteiger partial charge in [-0.1, -0.05) is 0 Å². The van der Waals surface area contributed by atoms with Crippen molar-refractivity contribution in [2.75, 3.05) is 24.6 Å². The minimum atomic E-state index is -1.65. The Morgan fingerprint density at radius 3 is 2.60 bits per heavy atom. The summed E-state index contributed by atoms with van der Waals surface area (Å²) >= 11 is 0. The van der Waals surface area contributed by atoms with Crippen LogP contribution < -0.4 is 9.64 Å². The van der Waals surface area contributed by atoms with E-state index in [4.69, 9.17) is 4.74 Å². The van der Waals surface area contributed by atoms with E-state index in [-0.39, 0.29) is 37.5 Å². The topological polar surface area (TPSA) is 85.5 Å². The second-order valence-electron chi connectivity index (χ2n) is 7.59. The fourth-order valence-electron chi connectivity index (χ4n) is 3.86. The molecule has 1 saturated heterocycles. The maximum Gasteiger partial charge on any atom is 0.153 e. The molecule has 0 aliphatic carbocycles. The van der Waals surface area contributed by atoms with E-state index in [0.29, 0.717) is 24.2 Å². The third-order valence-corrected chi connectivity index (χ3v) is 5.56. The zero-order valence-electron chi connectivity index (χ0n) is 16.0. The van der Waals surface area contributed by atoms with Gasteiger partial charge >= 0.3 is 0 Å². The highest BCUT2D eigenvalue weighted by molar-refractivity contribution is 5.71. The van der Waals surface area contributed by atoms with Gasteiger partial charge < -0.3 is 25.0 Å². The molecule has 2 atom stereocenters. The van der Waals surface area contributed by atoms with Crippen molar-refractivity contribution < 1.29 is 33.2 Å². The van der Waals surface area contributed by atoms with Crippen molar-refractivity contribution in [1.82, 2.24) is 0 Å². The summed E-state index contributed by atoms with van der Waals surface area (Å²) in [6, 6.07) is 4.26. The van der Waals surface area contributed by atoms with Gasteiger partial charge in [0.25, 0.3) is 0 Å². The summed E-state index contributed by atoms with van der Waals surface area (Å²) in [6.07, 6.45) is 1.44. The van der Waals surface area contributed by atoms with Crippen molar-refractivity contribution in [2.24, 2.45) is 4.99 Å². The highest BCUT2D eigenvalue weighted by Crippen LogP contribution is 2.36. The molecule has 0 radical (unpaired) electrons. The van der Waals surface area contributed by atoms with E-state index in [9.17, 15) is 28.5 Å². The standard InChI is InChI=1S/C21H21F3N2O4/c22-14-3-4-17(13-2-1-6-25-19(13)14)30-11-21(29)5-7-26(10-18(21)28)20-15(23)8-12(27)9-16(20)24/h3-4,6,8-9,18,27-29H,1-2,5,7,10-11H2/t18-,21-/m1/s1. The van der Waals surface area contributed by atoms with Crippen molar-refractivity contribution in [3.05, 3.63) is 47.3 Å². The number of nitrogens with zero attached hydrogens (tertiary/aromatic N) is 2. The van der Waals surface area contributed by atoms with Crippen LogP contribution in [-0.4, -0.2) is 52.9 Å². The summed E-state index contributed by atoms with van der Waals surface area (Å²) in [7, 11) is 0. The highest BCUT2D eigenvalue weighted by Gasteiger charge is 2.42. The zero-order chi connectivity index (χ0) is 21.5. The number of aromatic hydroxyl groups is 1. The number of aliphatic hydroxyl groups excluding tert-OH is 1. The Morgan fingerprint density at radius 1 is 1.17 bits per heavy atom. The lowest BCUT2D eigenvalue weighted by Gasteiger charge is -2.42. The van der Waals surface area contributed by atoms with Crippen LogP contribution in [0, 0.1) is 17.5 Å². The maximum absolute atomic E-state index is 14.1. The molecule has 4 rings (SSSR count). The predicted octanol–water partition coefficient (Wildman–Crippen LogP) is 2.84. The number of hydrogen-bond acceptors (Lipinski definition) is 6. The Morgan fingerprint density at radius 2 is 1.90 bits per heavy atom. The van der Waals surface area contributed by atoms with Crippen LogP contribution in [0.15, 0.2) is 29.3 Å². The third kappa shape index (κ3) is 3.70. The Kier molecular flexibility index (Phi) is 5.33. The van der Waals surface area contributed by atoms with E-state index in [2.05, 4.69) is 4.99 Å². The zero-order valence-corrected chi connectivity index (χ0v) is 16.0. The molecule has 2 aromatic carbocycles. The minimum Gasteiger partial charge on any atom is -0.508 e. The van der Waals surface area contributed by atoms with Gasteiger partial charge in [0.05, 0.1) is 0 Å². The second-order valence-corrected chi connectivity index (χ2v) is 7.59. The molecule has 2 aliphatic rings. The molecule has 0 unspecified atom stereocenters. The number of phenolic OH excluding ortho intramolecular Hbond substituents is 1. The number of anilines is 1. The highest BCUT2D eigenvalue weighted by atomic mass is 19.1. The molecule has 2 aliphatic heterocycles. The van der Waals surface area contributed by atoms with E-state index < -0.39 is 34.9 Å². The number of aliphatic hydroxyl groups is 2. The number of fused-ring (bicyclic) bond motifs is 1. The van der Waals surface area contributed by atoms with Crippen LogP contribution in [-0.2, 0) is 6.42 Å². The number of β-amino-alcohol motifs (C(OH)–C–C–N with tert-alkyl or cyclic N) is 1. The summed E-state index contributed by atoms with van der Waals surface area (Å²) < 4.78 is 47.9. The molecule has 2 aromatic rings. The normalized spacial score (nSPS) is 23.4. The van der Waals surface area contributed by atoms with Crippen molar-refractivity contribution in [1.29, 1.82) is 0 Å². The molecule has 0 amide bonds. The van der Waals surface area contributed by atoms with E-state index in [1.54, 1.807) is 6.21 Å². The number of hydrogen-bond donors (Lipinski definition) is 3. The number of piperidine rings is 1. The Balaban J connectivity index is 1.48. The average Bonchev–Trinajstić information content (AvgIpc) is 2.70. The van der Waals surface area contributed by atoms with Gasteiger partial charge in [-0.15, -0.1) is 0 Å². The van der Waals surface area contributed by atoms with Crippen LogP contribution in [0.2, 0.25) is 0 Å². The molecule has 160 valence electrons. The molecule has 3 N–H and O–H groups in total. The van der Waals surface area contributed by atoms with Gasteiger partial charge in [-0.3, -0.25) is 4.99 Å². The number of aliphatic imine (C=N–C) groups is 1. The van der Waals surface area contributed by atoms with Crippen LogP contribution in [0.25, 0.3) is 0 Å². The SMILES string of the molecule is Oc1cc(F)c(N2CC[C@@](O)(COc3ccc(F)c4c3CCC=N4)[C@H](O)C2)c(F)c1. The molecule has 2 heterocycles. The summed E-state index contributed by atoms with van der Waals surface area (Å²) in [5.74, 6) is -2.54. The summed E-state index contributed by atoms with van der Waals surface area (Å²) in [4.78, 5) is 5.33. The summed E-state index contributed by atoms with van der Waals surface area (Å²) in [6.45, 7) is -0.448. The van der Waals surface area contributed by atoms with Crippen LogP contribution in [0.3, 0.4) is 0 Å². The number of halogens is 3. The number of rotatable bonds is 4. The van der Waals surface area contributed by atoms with Crippen LogP contribution >= 0.6 is 0 Å². The Bertz CT molecular complexity index is 977. The molecule has 6 nitrogen and oxygen atoms in total. The van der Waals surface area contributed by atoms with Gasteiger partial charge in [0.15, 0.2) is 11.6 Å². The number of phenols is 1. The first-order chi connectivity index (χ1) is 14.3. The van der Waals surface area contributed by atoms with Crippen molar-refractivity contribution >= 4 is 17.6 Å². The van der Waals surface area contributed by atoms with Crippen molar-refractivity contribution in [3.8, 4) is 11.5 Å². The molecule has 0 bridgehead atoms. The van der Waals surface area contributed by atoms with Crippen LogP contribution in [0.1, 0.15) is 18.4 Å². The lowest BCUT2D eigenvalue weighted by atomic mass is 9.89. The smallest absolute Gasteiger partial charge is 0.153 e. The van der Waals surface area contributed by atoms with Gasteiger partial charge in [0, 0.05) is 37.0 Å². The largest absolute Gasteiger partial charge is 0.508 e. The predicted molar refractivity (Wildman–Crippen MR) is 104 cm³/mol. The minimum absolute atomic E-state index is 0.0184. The first-order valence-electron chi connectivity index (χ1n) is 9.58. The van der Waals surface area contributed by atoms with E-state index in [1.807, 2.05) is 0 Å². The monoisotopic (exact) mass is 422 g/mol. The van der Waals surface area contributed by atoms with Crippen molar-refractivity contribution in [2.45, 2.75) is 31.0 Å². The lowest BCUT2D eigenvalue weighted by Crippen LogP contribution is -2.58. The first-order valence-corrected chi connectivity index (χ1v) is 9.58. The molecule has 0 saturated carbocycles. The van der Waals surface area contributed by atoms with E-state index in [0.717, 1.165) is 12.1 Å². The molecule has 0 aromatic heterocycles. The lowest BCUT2D eigenvalue weighted by molar-refractivity contribution is -0.109. The first kappa shape index (κ1) is 20.5. The fraction of sp³-hybridized carbons (Fsp3) is 0.381. The summed E-state index contributed by atoms with van der Waals surface area (Å²) in [5.41, 5.74) is -1.22. The van der Waals surface area contributed by atoms with Crippen LogP contribution in [0.4, 0.5) is 24.5 Å². The van der Waals surface area contributed by atoms with Gasteiger partial charge in [-0.25, -0.2) is 13.2 Å². The van der Waals surface area contributed by atoms with Gasteiger partial charge in [0.1, 0.15) is 47.0 Å². The fourth-order valence-corrected chi connectivity index (χ4v) is 3.86. The molecular formula is C21H21F3N2O4. The van der Waals surface area contributed by atoms with Crippen LogP contribution in [0.5, 0.6) is 11.5 Å². The molecular weight excluding hydrogens is 401 g/mol. The molecule has 0 spiro atoms. The Labute approximate surface area is 170 Å². The molecule has 9 heteroatoms. The molecule has 30 heavy (non-hydrogen) atoms. The summed E-state index contributed by atoms with van der Waals surface area (Å²) in [5, 5.41) is 30.7.